The van der Waals surface area contributed by atoms with Crippen LogP contribution in [-0.2, 0) is 16.4 Å². The van der Waals surface area contributed by atoms with Crippen molar-refractivity contribution >= 4 is 40.0 Å². The molecule has 1 aromatic rings. The van der Waals surface area contributed by atoms with Crippen LogP contribution in [-0.4, -0.2) is 51.5 Å². The van der Waals surface area contributed by atoms with Crippen molar-refractivity contribution in [1.82, 2.24) is 10.2 Å². The van der Waals surface area contributed by atoms with Crippen molar-refractivity contribution in [3.63, 3.8) is 0 Å². The van der Waals surface area contributed by atoms with Gasteiger partial charge in [-0.1, -0.05) is 19.1 Å². The molecule has 7 nitrogen and oxygen atoms in total. The summed E-state index contributed by atoms with van der Waals surface area (Å²) >= 11 is 0. The second-order valence-corrected chi connectivity index (χ2v) is 7.58. The number of likely N-dealkylation sites (tertiary alicyclic amines) is 1. The Balaban J connectivity index is 0.00000312. The van der Waals surface area contributed by atoms with Gasteiger partial charge in [0.05, 0.1) is 11.4 Å². The highest BCUT2D eigenvalue weighted by atomic mass is 127. The molecular formula is C16H28IN5O2S. The molecule has 0 aromatic heterocycles. The van der Waals surface area contributed by atoms with Crippen LogP contribution in [0.25, 0.3) is 0 Å². The summed E-state index contributed by atoms with van der Waals surface area (Å²) in [5.74, 6) is 0.458. The predicted molar refractivity (Wildman–Crippen MR) is 112 cm³/mol. The van der Waals surface area contributed by atoms with Crippen molar-refractivity contribution in [3.8, 4) is 0 Å². The van der Waals surface area contributed by atoms with Crippen molar-refractivity contribution in [2.45, 2.75) is 37.1 Å². The number of benzene rings is 1. The van der Waals surface area contributed by atoms with E-state index in [0.717, 1.165) is 31.6 Å². The summed E-state index contributed by atoms with van der Waals surface area (Å²) in [7, 11) is -3.63. The first-order chi connectivity index (χ1) is 11.4. The van der Waals surface area contributed by atoms with Crippen LogP contribution in [0.1, 0.15) is 25.3 Å². The van der Waals surface area contributed by atoms with Crippen LogP contribution < -0.4 is 16.2 Å². The van der Waals surface area contributed by atoms with Gasteiger partial charge in [0, 0.05) is 12.6 Å². The Bertz CT molecular complexity index is 664. The number of guanidine groups is 1. The van der Waals surface area contributed by atoms with Crippen molar-refractivity contribution < 1.29 is 8.42 Å². The van der Waals surface area contributed by atoms with Crippen molar-refractivity contribution in [2.24, 2.45) is 15.9 Å². The summed E-state index contributed by atoms with van der Waals surface area (Å²) in [5, 5.41) is 8.17. The zero-order valence-electron chi connectivity index (χ0n) is 14.5. The minimum absolute atomic E-state index is 0. The number of nitrogens with zero attached hydrogens (tertiary/aromatic N) is 2. The fourth-order valence-electron chi connectivity index (χ4n) is 2.96. The molecular weight excluding hydrogens is 453 g/mol. The van der Waals surface area contributed by atoms with E-state index < -0.39 is 10.0 Å². The summed E-state index contributed by atoms with van der Waals surface area (Å²) in [4.78, 5) is 6.98. The molecule has 1 aromatic carbocycles. The van der Waals surface area contributed by atoms with Gasteiger partial charge in [0.15, 0.2) is 5.96 Å². The van der Waals surface area contributed by atoms with Gasteiger partial charge in [0.1, 0.15) is 0 Å². The van der Waals surface area contributed by atoms with Crippen LogP contribution in [0.4, 0.5) is 0 Å². The second-order valence-electron chi connectivity index (χ2n) is 6.02. The standard InChI is InChI=1S/C16H27N5O2S.HI/c1-2-21-11-3-4-14(21)12-20-16(17)19-10-9-13-5-7-15(8-6-13)24(18,22)23;/h5-8,14H,2-4,9-12H2,1H3,(H3,17,19,20)(H2,18,22,23);1H. The highest BCUT2D eigenvalue weighted by Crippen LogP contribution is 2.16. The SMILES string of the molecule is CCN1CCCC1CN=C(N)NCCc1ccc(S(N)(=O)=O)cc1.I. The molecule has 0 saturated carbocycles. The normalized spacial score (nSPS) is 18.8. The van der Waals surface area contributed by atoms with Gasteiger partial charge >= 0.3 is 0 Å². The van der Waals surface area contributed by atoms with Gasteiger partial charge in [-0.2, -0.15) is 0 Å². The lowest BCUT2D eigenvalue weighted by Gasteiger charge is -2.20. The van der Waals surface area contributed by atoms with E-state index in [4.69, 9.17) is 10.9 Å². The number of nitrogens with one attached hydrogen (secondary N) is 1. The van der Waals surface area contributed by atoms with E-state index in [-0.39, 0.29) is 28.9 Å². The molecule has 25 heavy (non-hydrogen) atoms. The summed E-state index contributed by atoms with van der Waals surface area (Å²) in [6.07, 6.45) is 3.14. The van der Waals surface area contributed by atoms with E-state index in [1.54, 1.807) is 12.1 Å². The fourth-order valence-corrected chi connectivity index (χ4v) is 3.47. The van der Waals surface area contributed by atoms with Crippen molar-refractivity contribution in [1.29, 1.82) is 0 Å². The van der Waals surface area contributed by atoms with E-state index in [2.05, 4.69) is 22.1 Å². The van der Waals surface area contributed by atoms with Gasteiger partial charge in [-0.3, -0.25) is 9.89 Å². The smallest absolute Gasteiger partial charge is 0.238 e. The number of primary sulfonamides is 1. The fraction of sp³-hybridized carbons (Fsp3) is 0.562. The maximum Gasteiger partial charge on any atom is 0.238 e. The summed E-state index contributed by atoms with van der Waals surface area (Å²) in [5.41, 5.74) is 6.92. The van der Waals surface area contributed by atoms with E-state index in [1.165, 1.54) is 25.0 Å². The van der Waals surface area contributed by atoms with Crippen LogP contribution in [0.5, 0.6) is 0 Å². The molecule has 1 aliphatic rings. The summed E-state index contributed by atoms with van der Waals surface area (Å²) < 4.78 is 22.4. The third-order valence-corrected chi connectivity index (χ3v) is 5.28. The average Bonchev–Trinajstić information content (AvgIpc) is 3.00. The van der Waals surface area contributed by atoms with E-state index in [1.807, 2.05) is 0 Å². The second kappa shape index (κ2) is 10.3. The Morgan fingerprint density at radius 3 is 2.64 bits per heavy atom. The molecule has 0 radical (unpaired) electrons. The van der Waals surface area contributed by atoms with Crippen molar-refractivity contribution in [3.05, 3.63) is 29.8 Å². The topological polar surface area (TPSA) is 114 Å². The number of halogens is 1. The molecule has 1 heterocycles. The summed E-state index contributed by atoms with van der Waals surface area (Å²) in [6.45, 7) is 5.76. The average molecular weight is 481 g/mol. The molecule has 0 bridgehead atoms. The zero-order chi connectivity index (χ0) is 17.6. The molecule has 1 atom stereocenters. The minimum atomic E-state index is -3.63. The Morgan fingerprint density at radius 1 is 1.36 bits per heavy atom. The highest BCUT2D eigenvalue weighted by molar-refractivity contribution is 14.0. The van der Waals surface area contributed by atoms with Crippen molar-refractivity contribution in [2.75, 3.05) is 26.2 Å². The van der Waals surface area contributed by atoms with Crippen LogP contribution in [0.3, 0.4) is 0 Å². The number of nitrogens with two attached hydrogens (primary N) is 2. The third kappa shape index (κ3) is 7.08. The molecule has 1 unspecified atom stereocenters. The predicted octanol–water partition coefficient (Wildman–Crippen LogP) is 0.883. The number of likely N-dealkylation sites (N-methyl/N-ethyl adjacent to an activating group) is 1. The number of hydrogen-bond acceptors (Lipinski definition) is 4. The number of rotatable bonds is 7. The number of sulfonamides is 1. The van der Waals surface area contributed by atoms with E-state index in [9.17, 15) is 8.42 Å². The van der Waals surface area contributed by atoms with Crippen LogP contribution in [0, 0.1) is 0 Å². The minimum Gasteiger partial charge on any atom is -0.370 e. The number of hydrogen-bond donors (Lipinski definition) is 3. The lowest BCUT2D eigenvalue weighted by atomic mass is 10.1. The Kier molecular flexibility index (Phi) is 9.11. The molecule has 0 amide bonds. The third-order valence-electron chi connectivity index (χ3n) is 4.35. The quantitative estimate of drug-likeness (QED) is 0.304. The Labute approximate surface area is 167 Å². The van der Waals surface area contributed by atoms with Crippen LogP contribution >= 0.6 is 24.0 Å². The maximum absolute atomic E-state index is 11.2. The lowest BCUT2D eigenvalue weighted by molar-refractivity contribution is 0.273. The van der Waals surface area contributed by atoms with E-state index >= 15 is 0 Å². The van der Waals surface area contributed by atoms with Crippen LogP contribution in [0.15, 0.2) is 34.2 Å². The largest absolute Gasteiger partial charge is 0.370 e. The van der Waals surface area contributed by atoms with Gasteiger partial charge in [0.25, 0.3) is 0 Å². The molecule has 0 aliphatic carbocycles. The first-order valence-corrected chi connectivity index (χ1v) is 9.84. The molecule has 1 aliphatic heterocycles. The Morgan fingerprint density at radius 2 is 2.04 bits per heavy atom. The lowest BCUT2D eigenvalue weighted by Crippen LogP contribution is -2.36. The molecule has 0 spiro atoms. The van der Waals surface area contributed by atoms with Gasteiger partial charge in [-0.15, -0.1) is 24.0 Å². The van der Waals surface area contributed by atoms with Gasteiger partial charge < -0.3 is 11.1 Å². The molecule has 1 saturated heterocycles. The monoisotopic (exact) mass is 481 g/mol. The molecule has 2 rings (SSSR count). The highest BCUT2D eigenvalue weighted by Gasteiger charge is 2.22. The molecule has 1 fully saturated rings. The number of aliphatic imine (C=N–C) groups is 1. The zero-order valence-corrected chi connectivity index (χ0v) is 17.7. The van der Waals surface area contributed by atoms with E-state index in [0.29, 0.717) is 18.5 Å². The van der Waals surface area contributed by atoms with Gasteiger partial charge in [-0.05, 0) is 50.0 Å². The molecule has 142 valence electrons. The first-order valence-electron chi connectivity index (χ1n) is 8.29. The maximum atomic E-state index is 11.2. The van der Waals surface area contributed by atoms with Crippen LogP contribution in [0.2, 0.25) is 0 Å². The first kappa shape index (κ1) is 22.1. The summed E-state index contributed by atoms with van der Waals surface area (Å²) in [6, 6.07) is 7.04. The van der Waals surface area contributed by atoms with Gasteiger partial charge in [-0.25, -0.2) is 13.6 Å². The molecule has 9 heteroatoms. The Hall–Kier alpha value is -0.910. The van der Waals surface area contributed by atoms with Gasteiger partial charge in [0.2, 0.25) is 10.0 Å². The molecule has 5 N–H and O–H groups in total.